The molecule has 0 aliphatic rings. The number of hydrogen-bond donors (Lipinski definition) is 1. The largest absolute Gasteiger partial charge is 0.363 e. The lowest BCUT2D eigenvalue weighted by Gasteiger charge is -2.18. The van der Waals surface area contributed by atoms with Crippen LogP contribution in [-0.2, 0) is 4.79 Å². The van der Waals surface area contributed by atoms with Crippen molar-refractivity contribution in [2.24, 2.45) is 0 Å². The molecule has 0 saturated heterocycles. The van der Waals surface area contributed by atoms with Gasteiger partial charge in [0.25, 0.3) is 0 Å². The number of unbranched alkanes of at least 4 members (excludes halogenated alkanes) is 2. The first-order chi connectivity index (χ1) is 8.63. The molecule has 1 aromatic rings. The van der Waals surface area contributed by atoms with Gasteiger partial charge in [-0.15, -0.1) is 0 Å². The number of carbonyl (C=O) groups excluding carboxylic acids is 1. The van der Waals surface area contributed by atoms with E-state index in [0.29, 0.717) is 12.4 Å². The van der Waals surface area contributed by atoms with Gasteiger partial charge >= 0.3 is 0 Å². The number of nitrogens with one attached hydrogen (secondary N) is 1. The molecule has 0 bridgehead atoms. The third-order valence-corrected chi connectivity index (χ3v) is 2.66. The number of ketones is 1. The number of aromatic nitrogens is 2. The fraction of sp³-hybridized carbons (Fsp3) is 0.615. The molecule has 0 aromatic carbocycles. The van der Waals surface area contributed by atoms with Crippen LogP contribution in [0.3, 0.4) is 0 Å². The number of anilines is 2. The van der Waals surface area contributed by atoms with E-state index in [4.69, 9.17) is 0 Å². The minimum Gasteiger partial charge on any atom is -0.363 e. The Morgan fingerprint density at radius 3 is 2.83 bits per heavy atom. The Kier molecular flexibility index (Phi) is 6.11. The highest BCUT2D eigenvalue weighted by molar-refractivity contribution is 5.80. The van der Waals surface area contributed by atoms with Crippen molar-refractivity contribution < 1.29 is 4.79 Å². The molecular formula is C13H22N4O. The second kappa shape index (κ2) is 7.63. The molecule has 0 fully saturated rings. The van der Waals surface area contributed by atoms with Gasteiger partial charge in [0.1, 0.15) is 23.7 Å². The molecule has 0 amide bonds. The number of hydrogen-bond acceptors (Lipinski definition) is 5. The van der Waals surface area contributed by atoms with Crippen molar-refractivity contribution in [3.63, 3.8) is 0 Å². The average Bonchev–Trinajstić information content (AvgIpc) is 2.37. The van der Waals surface area contributed by atoms with Crippen LogP contribution < -0.4 is 10.2 Å². The fourth-order valence-corrected chi connectivity index (χ4v) is 1.58. The number of Topliss-reactive ketones (excluding diaryl/α,β-unsaturated/α-hetero) is 1. The normalized spacial score (nSPS) is 10.2. The number of carbonyl (C=O) groups is 1. The molecule has 18 heavy (non-hydrogen) atoms. The molecule has 0 radical (unpaired) electrons. The summed E-state index contributed by atoms with van der Waals surface area (Å²) in [6.45, 7) is 5.02. The maximum Gasteiger partial charge on any atom is 0.148 e. The molecule has 100 valence electrons. The fourth-order valence-electron chi connectivity index (χ4n) is 1.58. The molecule has 0 spiro atoms. The smallest absolute Gasteiger partial charge is 0.148 e. The summed E-state index contributed by atoms with van der Waals surface area (Å²) in [5.74, 6) is 1.66. The summed E-state index contributed by atoms with van der Waals surface area (Å²) in [6, 6.07) is 1.87. The molecule has 1 aromatic heterocycles. The summed E-state index contributed by atoms with van der Waals surface area (Å²) in [5, 5.41) is 2.98. The van der Waals surface area contributed by atoms with Crippen molar-refractivity contribution in [1.29, 1.82) is 0 Å². The molecule has 1 heterocycles. The third-order valence-electron chi connectivity index (χ3n) is 2.66. The molecule has 1 rings (SSSR count). The molecular weight excluding hydrogens is 228 g/mol. The van der Waals surface area contributed by atoms with Crippen molar-refractivity contribution in [3.8, 4) is 0 Å². The van der Waals surface area contributed by atoms with E-state index in [1.807, 2.05) is 13.1 Å². The van der Waals surface area contributed by atoms with E-state index in [1.54, 1.807) is 6.92 Å². The first-order valence-electron chi connectivity index (χ1n) is 6.40. The topological polar surface area (TPSA) is 58.1 Å². The van der Waals surface area contributed by atoms with Crippen LogP contribution in [0, 0.1) is 0 Å². The zero-order valence-electron chi connectivity index (χ0n) is 11.4. The van der Waals surface area contributed by atoms with Gasteiger partial charge in [-0.3, -0.25) is 4.79 Å². The highest BCUT2D eigenvalue weighted by atomic mass is 16.1. The summed E-state index contributed by atoms with van der Waals surface area (Å²) in [6.07, 6.45) is 5.12. The lowest BCUT2D eigenvalue weighted by atomic mass is 10.2. The van der Waals surface area contributed by atoms with Gasteiger partial charge in [0.2, 0.25) is 0 Å². The quantitative estimate of drug-likeness (QED) is 0.716. The predicted octanol–water partition coefficient (Wildman–Crippen LogP) is 2.10. The zero-order chi connectivity index (χ0) is 13.4. The van der Waals surface area contributed by atoms with Crippen LogP contribution in [0.25, 0.3) is 0 Å². The lowest BCUT2D eigenvalue weighted by molar-refractivity contribution is -0.115. The van der Waals surface area contributed by atoms with Gasteiger partial charge in [0.05, 0.1) is 6.54 Å². The van der Waals surface area contributed by atoms with Crippen LogP contribution >= 0.6 is 0 Å². The Balaban J connectivity index is 2.54. The lowest BCUT2D eigenvalue weighted by Crippen LogP contribution is -2.20. The summed E-state index contributed by atoms with van der Waals surface area (Å²) in [5.41, 5.74) is 0. The van der Waals surface area contributed by atoms with Gasteiger partial charge in [-0.05, 0) is 13.3 Å². The predicted molar refractivity (Wildman–Crippen MR) is 74.0 cm³/mol. The van der Waals surface area contributed by atoms with Gasteiger partial charge in [-0.1, -0.05) is 19.8 Å². The highest BCUT2D eigenvalue weighted by Gasteiger charge is 2.04. The van der Waals surface area contributed by atoms with Gasteiger partial charge in [0, 0.05) is 19.7 Å². The van der Waals surface area contributed by atoms with E-state index in [2.05, 4.69) is 27.1 Å². The summed E-state index contributed by atoms with van der Waals surface area (Å²) >= 11 is 0. The minimum absolute atomic E-state index is 0.0893. The van der Waals surface area contributed by atoms with Crippen molar-refractivity contribution in [3.05, 3.63) is 12.4 Å². The van der Waals surface area contributed by atoms with E-state index in [0.717, 1.165) is 18.8 Å². The first kappa shape index (κ1) is 14.4. The standard InChI is InChI=1S/C13H22N4O/c1-4-5-6-7-17(3)13-8-12(15-10-16-13)14-9-11(2)18/h8,10H,4-7,9H2,1-3H3,(H,14,15,16). The van der Waals surface area contributed by atoms with Gasteiger partial charge in [-0.2, -0.15) is 0 Å². The van der Waals surface area contributed by atoms with Crippen LogP contribution in [0.1, 0.15) is 33.1 Å². The Labute approximate surface area is 109 Å². The van der Waals surface area contributed by atoms with E-state index >= 15 is 0 Å². The van der Waals surface area contributed by atoms with Crippen LogP contribution in [0.15, 0.2) is 12.4 Å². The zero-order valence-corrected chi connectivity index (χ0v) is 11.4. The van der Waals surface area contributed by atoms with Crippen molar-refractivity contribution in [2.45, 2.75) is 33.1 Å². The van der Waals surface area contributed by atoms with Gasteiger partial charge in [-0.25, -0.2) is 9.97 Å². The highest BCUT2D eigenvalue weighted by Crippen LogP contribution is 2.13. The van der Waals surface area contributed by atoms with Crippen LogP contribution in [-0.4, -0.2) is 35.9 Å². The summed E-state index contributed by atoms with van der Waals surface area (Å²) < 4.78 is 0. The summed E-state index contributed by atoms with van der Waals surface area (Å²) in [4.78, 5) is 21.3. The first-order valence-corrected chi connectivity index (χ1v) is 6.40. The Bertz CT molecular complexity index is 381. The van der Waals surface area contributed by atoms with E-state index in [-0.39, 0.29) is 5.78 Å². The number of nitrogens with zero attached hydrogens (tertiary/aromatic N) is 3. The van der Waals surface area contributed by atoms with Crippen molar-refractivity contribution in [2.75, 3.05) is 30.4 Å². The van der Waals surface area contributed by atoms with Crippen LogP contribution in [0.5, 0.6) is 0 Å². The summed E-state index contributed by atoms with van der Waals surface area (Å²) in [7, 11) is 2.02. The van der Waals surface area contributed by atoms with E-state index in [9.17, 15) is 4.79 Å². The molecule has 0 aliphatic heterocycles. The molecule has 0 unspecified atom stereocenters. The van der Waals surface area contributed by atoms with Crippen LogP contribution in [0.4, 0.5) is 11.6 Å². The van der Waals surface area contributed by atoms with E-state index < -0.39 is 0 Å². The molecule has 1 N–H and O–H groups in total. The van der Waals surface area contributed by atoms with E-state index in [1.165, 1.54) is 19.2 Å². The SMILES string of the molecule is CCCCCN(C)c1cc(NCC(C)=O)ncn1. The molecule has 0 saturated carbocycles. The number of rotatable bonds is 8. The minimum atomic E-state index is 0.0893. The maximum atomic E-state index is 10.9. The second-order valence-corrected chi connectivity index (χ2v) is 4.45. The Morgan fingerprint density at radius 1 is 1.39 bits per heavy atom. The second-order valence-electron chi connectivity index (χ2n) is 4.45. The van der Waals surface area contributed by atoms with Crippen LogP contribution in [0.2, 0.25) is 0 Å². The Hall–Kier alpha value is -1.65. The average molecular weight is 250 g/mol. The van der Waals surface area contributed by atoms with Crippen molar-refractivity contribution in [1.82, 2.24) is 9.97 Å². The molecule has 0 aliphatic carbocycles. The van der Waals surface area contributed by atoms with Crippen molar-refractivity contribution >= 4 is 17.4 Å². The molecule has 0 atom stereocenters. The van der Waals surface area contributed by atoms with Gasteiger partial charge in [0.15, 0.2) is 0 Å². The van der Waals surface area contributed by atoms with Gasteiger partial charge < -0.3 is 10.2 Å². The maximum absolute atomic E-state index is 10.9. The monoisotopic (exact) mass is 250 g/mol. The molecule has 5 nitrogen and oxygen atoms in total. The third kappa shape index (κ3) is 5.12. The Morgan fingerprint density at radius 2 is 2.17 bits per heavy atom. The molecule has 5 heteroatoms.